The van der Waals surface area contributed by atoms with Gasteiger partial charge in [-0.3, -0.25) is 9.59 Å². The van der Waals surface area contributed by atoms with E-state index in [1.54, 1.807) is 24.3 Å². The molecule has 0 N–H and O–H groups in total. The fourth-order valence-corrected chi connectivity index (χ4v) is 2.94. The summed E-state index contributed by atoms with van der Waals surface area (Å²) in [5.41, 5.74) is 2.56. The molecule has 0 aliphatic heterocycles. The number of carbonyl (C=O) groups is 2. The number of rotatable bonds is 5. The molecular formula is C16H12Br2O2. The van der Waals surface area contributed by atoms with Gasteiger partial charge in [0.1, 0.15) is 0 Å². The Hall–Kier alpha value is -1.26. The molecule has 2 aromatic carbocycles. The molecule has 0 unspecified atom stereocenters. The van der Waals surface area contributed by atoms with Gasteiger partial charge in [0.2, 0.25) is 11.6 Å². The first-order chi connectivity index (χ1) is 9.69. The molecule has 102 valence electrons. The van der Waals surface area contributed by atoms with Crippen LogP contribution in [0.3, 0.4) is 0 Å². The highest BCUT2D eigenvalue weighted by Gasteiger charge is 2.22. The number of halogens is 2. The number of alkyl halides is 2. The molecule has 0 aliphatic rings. The predicted molar refractivity (Wildman–Crippen MR) is 86.8 cm³/mol. The van der Waals surface area contributed by atoms with Crippen molar-refractivity contribution in [2.45, 2.75) is 10.7 Å². The number of Topliss-reactive ketones (excluding diaryl/α,β-unsaturated/α-hetero) is 2. The number of hydrogen-bond donors (Lipinski definition) is 0. The van der Waals surface area contributed by atoms with E-state index >= 15 is 0 Å². The Bertz CT molecular complexity index is 593. The van der Waals surface area contributed by atoms with Crippen LogP contribution in [0, 0.1) is 0 Å². The second kappa shape index (κ2) is 6.95. The molecule has 4 heteroatoms. The fraction of sp³-hybridized carbons (Fsp3) is 0.125. The van der Waals surface area contributed by atoms with Crippen molar-refractivity contribution in [1.82, 2.24) is 0 Å². The maximum atomic E-state index is 12.4. The Kier molecular flexibility index (Phi) is 5.26. The summed E-state index contributed by atoms with van der Waals surface area (Å²) in [7, 11) is 0. The standard InChI is InChI=1S/C16H12Br2O2/c17-9-11-5-1-3-7-13(11)15(19)16(20)14-8-4-2-6-12(14)10-18/h1-8H,9-10H2. The number of carbonyl (C=O) groups excluding carboxylic acids is 2. The zero-order valence-electron chi connectivity index (χ0n) is 10.6. The van der Waals surface area contributed by atoms with Gasteiger partial charge in [-0.25, -0.2) is 0 Å². The number of hydrogen-bond acceptors (Lipinski definition) is 2. The smallest absolute Gasteiger partial charge is 0.233 e. The van der Waals surface area contributed by atoms with Crippen molar-refractivity contribution in [1.29, 1.82) is 0 Å². The number of ketones is 2. The summed E-state index contributed by atoms with van der Waals surface area (Å²) in [5, 5.41) is 1.09. The van der Waals surface area contributed by atoms with Gasteiger partial charge in [-0.15, -0.1) is 0 Å². The molecular weight excluding hydrogens is 384 g/mol. The van der Waals surface area contributed by atoms with Crippen LogP contribution in [0.2, 0.25) is 0 Å². The van der Waals surface area contributed by atoms with Crippen LogP contribution in [0.5, 0.6) is 0 Å². The van der Waals surface area contributed by atoms with Crippen LogP contribution in [-0.4, -0.2) is 11.6 Å². The van der Waals surface area contributed by atoms with Gasteiger partial charge in [0, 0.05) is 21.8 Å². The van der Waals surface area contributed by atoms with Gasteiger partial charge in [0.25, 0.3) is 0 Å². The lowest BCUT2D eigenvalue weighted by molar-refractivity contribution is 0.0816. The third-order valence-corrected chi connectivity index (χ3v) is 4.23. The zero-order chi connectivity index (χ0) is 14.5. The van der Waals surface area contributed by atoms with E-state index in [0.29, 0.717) is 21.8 Å². The second-order valence-electron chi connectivity index (χ2n) is 4.24. The molecule has 0 fully saturated rings. The summed E-state index contributed by atoms with van der Waals surface area (Å²) in [4.78, 5) is 24.8. The van der Waals surface area contributed by atoms with Crippen molar-refractivity contribution in [2.24, 2.45) is 0 Å². The lowest BCUT2D eigenvalue weighted by atomic mass is 9.96. The first kappa shape index (κ1) is 15.1. The summed E-state index contributed by atoms with van der Waals surface area (Å²) < 4.78 is 0. The summed E-state index contributed by atoms with van der Waals surface area (Å²) >= 11 is 6.68. The molecule has 20 heavy (non-hydrogen) atoms. The van der Waals surface area contributed by atoms with Gasteiger partial charge in [-0.2, -0.15) is 0 Å². The molecule has 0 atom stereocenters. The van der Waals surface area contributed by atoms with Crippen molar-refractivity contribution >= 4 is 43.4 Å². The molecule has 2 nitrogen and oxygen atoms in total. The van der Waals surface area contributed by atoms with Crippen molar-refractivity contribution in [3.05, 3.63) is 70.8 Å². The van der Waals surface area contributed by atoms with E-state index in [1.165, 1.54) is 0 Å². The topological polar surface area (TPSA) is 34.1 Å². The minimum atomic E-state index is -0.464. The minimum absolute atomic E-state index is 0.457. The second-order valence-corrected chi connectivity index (χ2v) is 5.36. The normalized spacial score (nSPS) is 10.3. The van der Waals surface area contributed by atoms with Crippen molar-refractivity contribution in [3.8, 4) is 0 Å². The van der Waals surface area contributed by atoms with Crippen LogP contribution in [0.25, 0.3) is 0 Å². The Morgan fingerprint density at radius 3 is 1.40 bits per heavy atom. The Balaban J connectivity index is 2.41. The van der Waals surface area contributed by atoms with Crippen molar-refractivity contribution < 1.29 is 9.59 Å². The monoisotopic (exact) mass is 394 g/mol. The quantitative estimate of drug-likeness (QED) is 0.423. The maximum Gasteiger partial charge on any atom is 0.233 e. The van der Waals surface area contributed by atoms with Gasteiger partial charge in [-0.05, 0) is 11.1 Å². The third-order valence-electron chi connectivity index (χ3n) is 3.02. The first-order valence-electron chi connectivity index (χ1n) is 6.05. The van der Waals surface area contributed by atoms with Crippen LogP contribution in [-0.2, 0) is 10.7 Å². The van der Waals surface area contributed by atoms with E-state index in [0.717, 1.165) is 11.1 Å². The molecule has 0 saturated heterocycles. The third kappa shape index (κ3) is 3.07. The highest BCUT2D eigenvalue weighted by Crippen LogP contribution is 2.18. The lowest BCUT2D eigenvalue weighted by Gasteiger charge is -2.08. The van der Waals surface area contributed by atoms with E-state index in [2.05, 4.69) is 31.9 Å². The summed E-state index contributed by atoms with van der Waals surface area (Å²) in [6, 6.07) is 14.3. The minimum Gasteiger partial charge on any atom is -0.285 e. The van der Waals surface area contributed by atoms with Gasteiger partial charge < -0.3 is 0 Å². The summed E-state index contributed by atoms with van der Waals surface area (Å²) in [5.74, 6) is -0.929. The lowest BCUT2D eigenvalue weighted by Crippen LogP contribution is -2.17. The van der Waals surface area contributed by atoms with Crippen LogP contribution in [0.15, 0.2) is 48.5 Å². The van der Waals surface area contributed by atoms with Crippen molar-refractivity contribution in [3.63, 3.8) is 0 Å². The van der Waals surface area contributed by atoms with Gasteiger partial charge in [0.05, 0.1) is 0 Å². The Morgan fingerprint density at radius 1 is 0.700 bits per heavy atom. The van der Waals surface area contributed by atoms with Crippen LogP contribution < -0.4 is 0 Å². The van der Waals surface area contributed by atoms with Crippen LogP contribution in [0.1, 0.15) is 31.8 Å². The molecule has 2 aromatic rings. The molecule has 0 heterocycles. The van der Waals surface area contributed by atoms with Crippen LogP contribution >= 0.6 is 31.9 Å². The van der Waals surface area contributed by atoms with Gasteiger partial charge >= 0.3 is 0 Å². The number of benzene rings is 2. The zero-order valence-corrected chi connectivity index (χ0v) is 13.8. The Morgan fingerprint density at radius 2 is 1.05 bits per heavy atom. The van der Waals surface area contributed by atoms with E-state index < -0.39 is 11.6 Å². The summed E-state index contributed by atoms with van der Waals surface area (Å²) in [6.07, 6.45) is 0. The molecule has 0 spiro atoms. The molecule has 0 saturated carbocycles. The molecule has 0 aliphatic carbocycles. The van der Waals surface area contributed by atoms with Crippen LogP contribution in [0.4, 0.5) is 0 Å². The average molecular weight is 396 g/mol. The highest BCUT2D eigenvalue weighted by atomic mass is 79.9. The fourth-order valence-electron chi connectivity index (χ4n) is 1.96. The van der Waals surface area contributed by atoms with E-state index in [4.69, 9.17) is 0 Å². The van der Waals surface area contributed by atoms with E-state index in [1.807, 2.05) is 24.3 Å². The largest absolute Gasteiger partial charge is 0.285 e. The van der Waals surface area contributed by atoms with Crippen molar-refractivity contribution in [2.75, 3.05) is 0 Å². The first-order valence-corrected chi connectivity index (χ1v) is 8.30. The van der Waals surface area contributed by atoms with E-state index in [9.17, 15) is 9.59 Å². The molecule has 0 aromatic heterocycles. The van der Waals surface area contributed by atoms with Gasteiger partial charge in [-0.1, -0.05) is 80.4 Å². The summed E-state index contributed by atoms with van der Waals surface area (Å²) in [6.45, 7) is 0. The van der Waals surface area contributed by atoms with E-state index in [-0.39, 0.29) is 0 Å². The predicted octanol–water partition coefficient (Wildman–Crippen LogP) is 4.54. The molecule has 0 bridgehead atoms. The highest BCUT2D eigenvalue weighted by molar-refractivity contribution is 9.08. The molecule has 2 rings (SSSR count). The molecule has 0 amide bonds. The molecule has 0 radical (unpaired) electrons. The SMILES string of the molecule is O=C(C(=O)c1ccccc1CBr)c1ccccc1CBr. The maximum absolute atomic E-state index is 12.4. The average Bonchev–Trinajstić information content (AvgIpc) is 2.53. The van der Waals surface area contributed by atoms with Gasteiger partial charge in [0.15, 0.2) is 0 Å². The Labute approximate surface area is 134 Å².